The van der Waals surface area contributed by atoms with Crippen LogP contribution in [0, 0.1) is 0 Å². The van der Waals surface area contributed by atoms with Gasteiger partial charge in [0.15, 0.2) is 0 Å². The minimum atomic E-state index is -3.87. The second kappa shape index (κ2) is 67.3. The third-order valence-corrected chi connectivity index (χ3v) is 19.3. The van der Waals surface area contributed by atoms with Gasteiger partial charge in [0.1, 0.15) is 12.2 Å². The molecule has 1 N–H and O–H groups in total. The highest BCUT2D eigenvalue weighted by Crippen LogP contribution is 2.53. The maximum Gasteiger partial charge on any atom is 0.475 e. The van der Waals surface area contributed by atoms with Gasteiger partial charge in [-0.1, -0.05) is 223 Å². The van der Waals surface area contributed by atoms with Crippen LogP contribution in [0.4, 0.5) is 0 Å². The second-order valence-corrected chi connectivity index (χ2v) is 31.1. The lowest BCUT2D eigenvalue weighted by Crippen LogP contribution is -2.29. The van der Waals surface area contributed by atoms with Crippen molar-refractivity contribution in [3.63, 3.8) is 0 Å². The van der Waals surface area contributed by atoms with E-state index < -0.39 is 39.1 Å². The molecule has 13 nitrogen and oxygen atoms in total. The summed E-state index contributed by atoms with van der Waals surface area (Å²) in [5.41, 5.74) is -1.41. The van der Waals surface area contributed by atoms with E-state index in [1.165, 1.54) is 151 Å². The number of aliphatic hydroxyl groups is 1. The number of phosphoric acid groups is 2. The number of rotatable bonds is 65. The van der Waals surface area contributed by atoms with Gasteiger partial charge < -0.3 is 19.3 Å². The molecule has 0 amide bonds. The van der Waals surface area contributed by atoms with E-state index in [9.17, 15) is 19.0 Å². The number of thioether (sulfide) groups is 2. The Morgan fingerprint density at radius 2 is 0.736 bits per heavy atom. The molecule has 0 bridgehead atoms. The first-order valence-electron chi connectivity index (χ1n) is 36.2. The number of hydrogen-bond acceptors (Lipinski definition) is 15. The zero-order valence-electron chi connectivity index (χ0n) is 60.2. The molecule has 0 saturated heterocycles. The van der Waals surface area contributed by atoms with Gasteiger partial charge in [0.05, 0.1) is 50.8 Å². The van der Waals surface area contributed by atoms with Crippen LogP contribution in [0.2, 0.25) is 0 Å². The van der Waals surface area contributed by atoms with Crippen molar-refractivity contribution in [1.82, 2.24) is 0 Å². The van der Waals surface area contributed by atoms with Crippen molar-refractivity contribution in [2.24, 2.45) is 0 Å². The highest BCUT2D eigenvalue weighted by Gasteiger charge is 2.35. The molecule has 0 aromatic rings. The number of unbranched alkanes of at least 4 members (excludes halogenated alkanes) is 20. The summed E-state index contributed by atoms with van der Waals surface area (Å²) < 4.78 is 76.4. The molecular formula is C74H140O13P2S2. The fraction of sp³-hybridized carbons (Fsp3) is 0.824. The van der Waals surface area contributed by atoms with Gasteiger partial charge in [0.2, 0.25) is 0 Å². The Morgan fingerprint density at radius 1 is 0.396 bits per heavy atom. The third kappa shape index (κ3) is 72.8. The fourth-order valence-corrected chi connectivity index (χ4v) is 14.0. The number of allylic oxidation sites excluding steroid dienone is 12. The van der Waals surface area contributed by atoms with Crippen LogP contribution in [0.1, 0.15) is 294 Å². The number of hydrogen-bond donors (Lipinski definition) is 1. The van der Waals surface area contributed by atoms with Crippen LogP contribution in [0.15, 0.2) is 72.9 Å². The zero-order valence-corrected chi connectivity index (χ0v) is 63.6. The third-order valence-electron chi connectivity index (χ3n) is 13.5. The molecule has 0 aromatic heterocycles. The SMILES string of the molecule is CC/C=C\C/C=C\C/C=C\C/C=C\C/C=C\C/C=C\CCC(=O)O[C@@H](COCCCCCCCCSCCCCCCCC)COP(=O)(OCCC)OC(C)(C)C.CCCCCCCCSCCCCCCCCOC[C@H](O)COP(=O)(OCCC)OC(C)(C)C. The van der Waals surface area contributed by atoms with Crippen molar-refractivity contribution in [1.29, 1.82) is 0 Å². The first-order chi connectivity index (χ1) is 43.9. The van der Waals surface area contributed by atoms with Gasteiger partial charge in [0.25, 0.3) is 0 Å². The van der Waals surface area contributed by atoms with E-state index in [2.05, 4.69) is 111 Å². The summed E-state index contributed by atoms with van der Waals surface area (Å²) >= 11 is 4.23. The van der Waals surface area contributed by atoms with Crippen LogP contribution in [-0.4, -0.2) is 110 Å². The number of phosphoric ester groups is 2. The molecule has 2 unspecified atom stereocenters. The highest BCUT2D eigenvalue weighted by atomic mass is 32.2. The molecule has 0 heterocycles. The van der Waals surface area contributed by atoms with Gasteiger partial charge in [-0.25, -0.2) is 9.13 Å². The van der Waals surface area contributed by atoms with E-state index >= 15 is 0 Å². The zero-order chi connectivity index (χ0) is 67.5. The molecule has 91 heavy (non-hydrogen) atoms. The van der Waals surface area contributed by atoms with Gasteiger partial charge in [0, 0.05) is 19.6 Å². The molecule has 4 atom stereocenters. The lowest BCUT2D eigenvalue weighted by molar-refractivity contribution is -0.154. The Kier molecular flexibility index (Phi) is 67.9. The molecule has 0 aromatic carbocycles. The minimum Gasteiger partial charge on any atom is -0.457 e. The summed E-state index contributed by atoms with van der Waals surface area (Å²) in [6.45, 7) is 23.0. The second-order valence-electron chi connectivity index (χ2n) is 25.4. The van der Waals surface area contributed by atoms with Crippen LogP contribution in [0.3, 0.4) is 0 Å². The number of esters is 1. The highest BCUT2D eigenvalue weighted by molar-refractivity contribution is 7.99. The summed E-state index contributed by atoms with van der Waals surface area (Å²) in [5, 5.41) is 10.1. The van der Waals surface area contributed by atoms with Crippen LogP contribution in [0.5, 0.6) is 0 Å². The summed E-state index contributed by atoms with van der Waals surface area (Å²) in [6.07, 6.45) is 63.2. The minimum absolute atomic E-state index is 0.139. The lowest BCUT2D eigenvalue weighted by Gasteiger charge is -2.27. The molecule has 0 saturated carbocycles. The number of ether oxygens (including phenoxy) is 3. The van der Waals surface area contributed by atoms with E-state index in [1.54, 1.807) is 41.5 Å². The molecule has 0 aliphatic carbocycles. The largest absolute Gasteiger partial charge is 0.475 e. The lowest BCUT2D eigenvalue weighted by atomic mass is 10.1. The first-order valence-corrected chi connectivity index (χ1v) is 41.4. The predicted molar refractivity (Wildman–Crippen MR) is 393 cm³/mol. The Balaban J connectivity index is 0. The van der Waals surface area contributed by atoms with Gasteiger partial charge in [-0.3, -0.25) is 31.9 Å². The summed E-state index contributed by atoms with van der Waals surface area (Å²) in [7, 11) is -7.57. The average Bonchev–Trinajstić information content (AvgIpc) is 1.46. The summed E-state index contributed by atoms with van der Waals surface area (Å²) in [4.78, 5) is 12.8. The van der Waals surface area contributed by atoms with Crippen LogP contribution in [0.25, 0.3) is 0 Å². The molecule has 0 rings (SSSR count). The maximum absolute atomic E-state index is 13.4. The molecule has 0 spiro atoms. The van der Waals surface area contributed by atoms with Crippen LogP contribution >= 0.6 is 39.2 Å². The van der Waals surface area contributed by atoms with E-state index in [-0.39, 0.29) is 52.0 Å². The summed E-state index contributed by atoms with van der Waals surface area (Å²) in [6, 6.07) is 0. The number of carbonyl (C=O) groups excluding carboxylic acids is 1. The maximum atomic E-state index is 13.4. The Labute approximate surface area is 569 Å². The first kappa shape index (κ1) is 91.8. The number of carbonyl (C=O) groups is 1. The van der Waals surface area contributed by atoms with Crippen molar-refractivity contribution in [3.05, 3.63) is 72.9 Å². The van der Waals surface area contributed by atoms with Crippen molar-refractivity contribution >= 4 is 45.1 Å². The topological polar surface area (TPSA) is 155 Å². The Bertz CT molecular complexity index is 1860. The molecular weight excluding hydrogens is 1220 g/mol. The van der Waals surface area contributed by atoms with E-state index in [0.717, 1.165) is 64.2 Å². The summed E-state index contributed by atoms with van der Waals surface area (Å²) in [5.74, 6) is 4.86. The van der Waals surface area contributed by atoms with E-state index in [0.29, 0.717) is 32.5 Å². The standard InChI is InChI=1S/C48H85O7PS.C26H55O6PS/c1-7-10-12-14-16-17-18-19-20-21-22-23-24-25-26-27-28-31-35-39-47(49)54-46(45-53-56(50,52-40-9-3)55-48(4,5)6)44-51-41-36-32-29-30-34-38-43-57-42-37-33-15-13-11-8-2;1-6-8-9-10-14-17-21-34-22-18-15-12-11-13-16-20-29-23-25(27)24-31-33(28,30-19-7-2)32-26(3,4)5/h10,12,16-17,19-20,22-23,25-26,28,31,46H,7-9,11,13-15,18,21,24,27,29-30,32-45H2,1-6H3;25,27H,6-24H2,1-5H3/b12-10-,17-16-,20-19-,23-22-,26-25-,31-28-;/t46-,56?;25-,33?/m00/s1. The fourth-order valence-electron chi connectivity index (χ4n) is 8.70. The van der Waals surface area contributed by atoms with Crippen molar-refractivity contribution in [2.45, 2.75) is 318 Å². The van der Waals surface area contributed by atoms with Crippen molar-refractivity contribution in [3.8, 4) is 0 Å². The molecule has 0 radical (unpaired) electrons. The Morgan fingerprint density at radius 3 is 1.11 bits per heavy atom. The van der Waals surface area contributed by atoms with E-state index in [1.807, 2.05) is 19.9 Å². The van der Waals surface area contributed by atoms with Gasteiger partial charge in [-0.2, -0.15) is 23.5 Å². The average molecular weight is 1360 g/mol. The molecule has 0 aliphatic rings. The molecule has 0 fully saturated rings. The normalized spacial score (nSPS) is 14.6. The molecule has 17 heteroatoms. The molecule has 536 valence electrons. The van der Waals surface area contributed by atoms with Crippen LogP contribution < -0.4 is 0 Å². The van der Waals surface area contributed by atoms with Gasteiger partial charge >= 0.3 is 21.6 Å². The number of aliphatic hydroxyl groups excluding tert-OH is 1. The van der Waals surface area contributed by atoms with Crippen LogP contribution in [-0.2, 0) is 55.3 Å². The Hall–Kier alpha value is -1.29. The molecule has 0 aliphatic heterocycles. The predicted octanol–water partition coefficient (Wildman–Crippen LogP) is 23.4. The smallest absolute Gasteiger partial charge is 0.457 e. The van der Waals surface area contributed by atoms with Crippen molar-refractivity contribution < 1.29 is 60.4 Å². The van der Waals surface area contributed by atoms with Gasteiger partial charge in [-0.05, 0) is 161 Å². The monoisotopic (exact) mass is 1360 g/mol. The van der Waals surface area contributed by atoms with Gasteiger partial charge in [-0.15, -0.1) is 0 Å². The van der Waals surface area contributed by atoms with E-state index in [4.69, 9.17) is 41.4 Å². The quantitative estimate of drug-likeness (QED) is 0.0266. The van der Waals surface area contributed by atoms with Crippen molar-refractivity contribution in [2.75, 3.05) is 75.9 Å².